The normalized spacial score (nSPS) is 15.0. The van der Waals surface area contributed by atoms with Crippen molar-refractivity contribution in [2.45, 2.75) is 13.5 Å². The fourth-order valence-electron chi connectivity index (χ4n) is 3.24. The lowest BCUT2D eigenvalue weighted by Gasteiger charge is -2.34. The van der Waals surface area contributed by atoms with Crippen LogP contribution in [-0.4, -0.2) is 56.1 Å². The molecular formula is C20H26N4O2. The molecule has 1 aromatic heterocycles. The van der Waals surface area contributed by atoms with Crippen molar-refractivity contribution in [2.75, 3.05) is 45.2 Å². The van der Waals surface area contributed by atoms with Gasteiger partial charge in [-0.25, -0.2) is 4.98 Å². The van der Waals surface area contributed by atoms with Crippen LogP contribution in [-0.2, 0) is 6.54 Å². The van der Waals surface area contributed by atoms with Crippen LogP contribution in [0.15, 0.2) is 36.5 Å². The Morgan fingerprint density at radius 3 is 2.69 bits per heavy atom. The summed E-state index contributed by atoms with van der Waals surface area (Å²) in [6.07, 6.45) is 1.81. The number of anilines is 1. The molecule has 0 unspecified atom stereocenters. The predicted molar refractivity (Wildman–Crippen MR) is 103 cm³/mol. The predicted octanol–water partition coefficient (Wildman–Crippen LogP) is 2.08. The number of pyridine rings is 1. The summed E-state index contributed by atoms with van der Waals surface area (Å²) in [4.78, 5) is 21.9. The van der Waals surface area contributed by atoms with Crippen LogP contribution in [0.1, 0.15) is 21.5 Å². The van der Waals surface area contributed by atoms with Crippen LogP contribution in [0.25, 0.3) is 0 Å². The summed E-state index contributed by atoms with van der Waals surface area (Å²) < 4.78 is 5.34. The zero-order valence-electron chi connectivity index (χ0n) is 15.7. The number of piperazine rings is 1. The lowest BCUT2D eigenvalue weighted by atomic mass is 10.1. The first-order chi connectivity index (χ1) is 12.6. The molecule has 0 radical (unpaired) electrons. The molecule has 0 atom stereocenters. The molecular weight excluding hydrogens is 328 g/mol. The molecule has 138 valence electrons. The monoisotopic (exact) mass is 354 g/mol. The number of amides is 1. The fraction of sp³-hybridized carbons (Fsp3) is 0.400. The van der Waals surface area contributed by atoms with E-state index in [1.807, 2.05) is 43.5 Å². The van der Waals surface area contributed by atoms with E-state index in [-0.39, 0.29) is 5.91 Å². The Morgan fingerprint density at radius 2 is 1.96 bits per heavy atom. The average molecular weight is 354 g/mol. The maximum atomic E-state index is 12.7. The van der Waals surface area contributed by atoms with Crippen LogP contribution in [0.4, 0.5) is 5.82 Å². The van der Waals surface area contributed by atoms with Gasteiger partial charge in [0, 0.05) is 44.5 Å². The highest BCUT2D eigenvalue weighted by Gasteiger charge is 2.19. The molecule has 3 rings (SSSR count). The molecule has 26 heavy (non-hydrogen) atoms. The summed E-state index contributed by atoms with van der Waals surface area (Å²) in [6, 6.07) is 9.54. The molecule has 0 saturated carbocycles. The topological polar surface area (TPSA) is 57.7 Å². The molecule has 1 aromatic carbocycles. The van der Waals surface area contributed by atoms with Gasteiger partial charge in [-0.2, -0.15) is 0 Å². The Morgan fingerprint density at radius 1 is 1.19 bits per heavy atom. The number of carbonyl (C=O) groups is 1. The summed E-state index contributed by atoms with van der Waals surface area (Å²) in [6.45, 7) is 6.27. The van der Waals surface area contributed by atoms with E-state index in [4.69, 9.17) is 4.74 Å². The minimum atomic E-state index is -0.131. The second-order valence-electron chi connectivity index (χ2n) is 6.61. The van der Waals surface area contributed by atoms with Crippen molar-refractivity contribution in [3.63, 3.8) is 0 Å². The number of hydrogen-bond donors (Lipinski definition) is 1. The second kappa shape index (κ2) is 8.19. The number of nitrogens with zero attached hydrogens (tertiary/aromatic N) is 3. The second-order valence-corrected chi connectivity index (χ2v) is 6.61. The lowest BCUT2D eigenvalue weighted by molar-refractivity contribution is 0.0947. The minimum absolute atomic E-state index is 0.131. The summed E-state index contributed by atoms with van der Waals surface area (Å²) >= 11 is 0. The van der Waals surface area contributed by atoms with E-state index >= 15 is 0 Å². The summed E-state index contributed by atoms with van der Waals surface area (Å²) in [7, 11) is 3.71. The van der Waals surface area contributed by atoms with Crippen molar-refractivity contribution in [1.82, 2.24) is 15.2 Å². The van der Waals surface area contributed by atoms with Crippen LogP contribution in [0.5, 0.6) is 5.75 Å². The number of carbonyl (C=O) groups excluding carboxylic acids is 1. The Hall–Kier alpha value is -2.60. The SMILES string of the molecule is COc1cccc(C)c1C(=O)NCc1cccnc1N1CCN(C)CC1. The van der Waals surface area contributed by atoms with Gasteiger partial charge in [-0.1, -0.05) is 18.2 Å². The number of ether oxygens (including phenoxy) is 1. The molecule has 1 aliphatic heterocycles. The van der Waals surface area contributed by atoms with Crippen molar-refractivity contribution < 1.29 is 9.53 Å². The van der Waals surface area contributed by atoms with E-state index in [0.29, 0.717) is 17.9 Å². The number of benzene rings is 1. The third-order valence-corrected chi connectivity index (χ3v) is 4.79. The van der Waals surface area contributed by atoms with E-state index in [0.717, 1.165) is 43.1 Å². The van der Waals surface area contributed by atoms with Crippen LogP contribution in [0.3, 0.4) is 0 Å². The molecule has 0 bridgehead atoms. The fourth-order valence-corrected chi connectivity index (χ4v) is 3.24. The van der Waals surface area contributed by atoms with Crippen molar-refractivity contribution in [3.8, 4) is 5.75 Å². The van der Waals surface area contributed by atoms with E-state index < -0.39 is 0 Å². The lowest BCUT2D eigenvalue weighted by Crippen LogP contribution is -2.45. The van der Waals surface area contributed by atoms with Gasteiger partial charge in [0.05, 0.1) is 12.7 Å². The molecule has 0 spiro atoms. The number of nitrogens with one attached hydrogen (secondary N) is 1. The van der Waals surface area contributed by atoms with Crippen LogP contribution in [0, 0.1) is 6.92 Å². The highest BCUT2D eigenvalue weighted by Crippen LogP contribution is 2.22. The molecule has 2 aromatic rings. The molecule has 6 heteroatoms. The quantitative estimate of drug-likeness (QED) is 0.891. The highest BCUT2D eigenvalue weighted by atomic mass is 16.5. The molecule has 2 heterocycles. The Labute approximate surface area is 154 Å². The van der Waals surface area contributed by atoms with Crippen molar-refractivity contribution in [1.29, 1.82) is 0 Å². The maximum absolute atomic E-state index is 12.7. The first-order valence-electron chi connectivity index (χ1n) is 8.89. The molecule has 1 fully saturated rings. The third kappa shape index (κ3) is 3.96. The van der Waals surface area contributed by atoms with Crippen molar-refractivity contribution >= 4 is 11.7 Å². The van der Waals surface area contributed by atoms with Gasteiger partial charge < -0.3 is 19.9 Å². The third-order valence-electron chi connectivity index (χ3n) is 4.79. The number of aromatic nitrogens is 1. The average Bonchev–Trinajstić information content (AvgIpc) is 2.66. The summed E-state index contributed by atoms with van der Waals surface area (Å²) in [5.74, 6) is 1.42. The first-order valence-corrected chi connectivity index (χ1v) is 8.89. The molecule has 1 aliphatic rings. The van der Waals surface area contributed by atoms with Gasteiger partial charge in [-0.05, 0) is 31.7 Å². The highest BCUT2D eigenvalue weighted by molar-refractivity contribution is 5.98. The molecule has 1 saturated heterocycles. The zero-order valence-corrected chi connectivity index (χ0v) is 15.7. The van der Waals surface area contributed by atoms with Crippen LogP contribution < -0.4 is 15.0 Å². The van der Waals surface area contributed by atoms with E-state index in [1.54, 1.807) is 7.11 Å². The standard InChI is InChI=1S/C20H26N4O2/c1-15-6-4-8-17(26-3)18(15)20(25)22-14-16-7-5-9-21-19(16)24-12-10-23(2)11-13-24/h4-9H,10-14H2,1-3H3,(H,22,25). The van der Waals surface area contributed by atoms with Gasteiger partial charge in [-0.15, -0.1) is 0 Å². The largest absolute Gasteiger partial charge is 0.496 e. The number of aryl methyl sites for hydroxylation is 1. The Kier molecular flexibility index (Phi) is 5.73. The van der Waals surface area contributed by atoms with E-state index in [2.05, 4.69) is 27.1 Å². The first kappa shape index (κ1) is 18.2. The Balaban J connectivity index is 1.74. The molecule has 1 amide bonds. The van der Waals surface area contributed by atoms with E-state index in [1.165, 1.54) is 0 Å². The smallest absolute Gasteiger partial charge is 0.255 e. The summed E-state index contributed by atoms with van der Waals surface area (Å²) in [5.41, 5.74) is 2.50. The number of rotatable bonds is 5. The molecule has 0 aliphatic carbocycles. The molecule has 1 N–H and O–H groups in total. The maximum Gasteiger partial charge on any atom is 0.255 e. The van der Waals surface area contributed by atoms with Crippen molar-refractivity contribution in [3.05, 3.63) is 53.2 Å². The number of hydrogen-bond acceptors (Lipinski definition) is 5. The van der Waals surface area contributed by atoms with Gasteiger partial charge in [-0.3, -0.25) is 4.79 Å². The van der Waals surface area contributed by atoms with Gasteiger partial charge in [0.25, 0.3) is 5.91 Å². The number of likely N-dealkylation sites (N-methyl/N-ethyl adjacent to an activating group) is 1. The number of methoxy groups -OCH3 is 1. The van der Waals surface area contributed by atoms with Gasteiger partial charge in [0.15, 0.2) is 0 Å². The van der Waals surface area contributed by atoms with Gasteiger partial charge >= 0.3 is 0 Å². The zero-order chi connectivity index (χ0) is 18.5. The van der Waals surface area contributed by atoms with Crippen LogP contribution in [0.2, 0.25) is 0 Å². The van der Waals surface area contributed by atoms with Crippen molar-refractivity contribution in [2.24, 2.45) is 0 Å². The van der Waals surface area contributed by atoms with Gasteiger partial charge in [0.2, 0.25) is 0 Å². The van der Waals surface area contributed by atoms with Gasteiger partial charge in [0.1, 0.15) is 11.6 Å². The van der Waals surface area contributed by atoms with Crippen LogP contribution >= 0.6 is 0 Å². The minimum Gasteiger partial charge on any atom is -0.496 e. The summed E-state index contributed by atoms with van der Waals surface area (Å²) in [5, 5.41) is 3.02. The Bertz CT molecular complexity index is 770. The molecule has 6 nitrogen and oxygen atoms in total. The van der Waals surface area contributed by atoms with E-state index in [9.17, 15) is 4.79 Å².